The quantitative estimate of drug-likeness (QED) is 0.0853. The molecule has 0 radical (unpaired) electrons. The van der Waals surface area contributed by atoms with Crippen LogP contribution in [0.2, 0.25) is 0 Å². The van der Waals surface area contributed by atoms with E-state index >= 15 is 0 Å². The minimum atomic E-state index is 0.275. The fourth-order valence-corrected chi connectivity index (χ4v) is 8.76. The number of nitrogens with zero attached hydrogens (tertiary/aromatic N) is 1. The fraction of sp³-hybridized carbons (Fsp3) is 0.642. The third-order valence-electron chi connectivity index (χ3n) is 12.9. The molecule has 12 rings (SSSR count). The zero-order valence-corrected chi connectivity index (χ0v) is 55.8. The van der Waals surface area contributed by atoms with Crippen LogP contribution in [0, 0.1) is 40.5 Å². The van der Waals surface area contributed by atoms with E-state index < -0.39 is 0 Å². The maximum Gasteiger partial charge on any atom is 0.105 e. The van der Waals surface area contributed by atoms with Crippen LogP contribution in [0.25, 0.3) is 0 Å². The third-order valence-corrected chi connectivity index (χ3v) is 14.5. The standard InChI is InChI=1S/C7H14O.5C6H13NO.2C5H7N.2C5H6O.2C5H6S/c1-7-4-2-3-5-8-6-7;1-6-2-4-8-5-3-7-6;1-6-2-3-7-4-5-8-6;1-6-3-2-4-8-5-7-6;1-6-3-2-4-7-5-8-6;1-6-7-4-2-3-5-8-6;1-6-4-2-3-5-6;1-5-3-2-4-6-5;1-5-2-3-6-4-5;1-5-3-2-4-6-5;1-5-2-3-6-4-5;1-5-3-2-4-6-5/h7H,2-6H2,1H3;5*6-7H,2-5H2,1H3;2-5H,1H3;2-4,6H,1H3;4*2-4H,1H3. The van der Waals surface area contributed by atoms with E-state index in [2.05, 4.69) is 114 Å². The van der Waals surface area contributed by atoms with Crippen LogP contribution >= 0.6 is 22.7 Å². The number of rotatable bonds is 0. The normalized spacial score (nSPS) is 22.0. The van der Waals surface area contributed by atoms with Crippen LogP contribution in [0.1, 0.15) is 140 Å². The lowest BCUT2D eigenvalue weighted by Crippen LogP contribution is -2.26. The van der Waals surface area contributed by atoms with Crippen molar-refractivity contribution in [3.05, 3.63) is 142 Å². The summed E-state index contributed by atoms with van der Waals surface area (Å²) in [6.45, 7) is 36.4. The summed E-state index contributed by atoms with van der Waals surface area (Å²) in [5.74, 6) is 1.77. The van der Waals surface area contributed by atoms with Gasteiger partial charge in [0.1, 0.15) is 12.0 Å². The van der Waals surface area contributed by atoms with Gasteiger partial charge < -0.3 is 57.4 Å². The van der Waals surface area contributed by atoms with Crippen LogP contribution in [0.5, 0.6) is 0 Å². The maximum absolute atomic E-state index is 5.34. The second-order valence-corrected chi connectivity index (χ2v) is 23.6. The lowest BCUT2D eigenvalue weighted by atomic mass is 10.1. The van der Waals surface area contributed by atoms with Gasteiger partial charge in [-0.3, -0.25) is 16.0 Å². The highest BCUT2D eigenvalue weighted by Gasteiger charge is 2.08. The highest BCUT2D eigenvalue weighted by molar-refractivity contribution is 7.09. The first-order valence-corrected chi connectivity index (χ1v) is 32.9. The number of ether oxygens (including phenoxy) is 6. The van der Waals surface area contributed by atoms with E-state index in [1.165, 1.54) is 79.5 Å². The highest BCUT2D eigenvalue weighted by atomic mass is 32.1. The summed E-state index contributed by atoms with van der Waals surface area (Å²) in [4.78, 5) is 4.38. The first-order chi connectivity index (χ1) is 40.7. The fourth-order valence-electron chi connectivity index (χ4n) is 7.57. The van der Waals surface area contributed by atoms with Gasteiger partial charge in [-0.25, -0.2) is 0 Å². The third kappa shape index (κ3) is 54.7. The monoisotopic (exact) mass is 1210 g/mol. The Morgan fingerprint density at radius 2 is 1.31 bits per heavy atom. The number of furan rings is 2. The van der Waals surface area contributed by atoms with Crippen molar-refractivity contribution in [3.63, 3.8) is 0 Å². The molecule has 84 heavy (non-hydrogen) atoms. The number of H-pyrrole nitrogens is 1. The average molecular weight is 1210 g/mol. The molecule has 6 aromatic rings. The SMILES string of the molecule is CC1CCCCOC1.CC1CCCNCO1.CC1CCCOCN1.CC1CCNCCO1.CC1CCOCCN1.CC1NCCCCO1.Cc1ccc[nH]1.Cc1ccco1.Cc1cccs1.Cc1ccoc1.Cc1ccsc1.Cn1cccc1. The molecule has 480 valence electrons. The maximum atomic E-state index is 5.34. The summed E-state index contributed by atoms with van der Waals surface area (Å²) in [7, 11) is 2.00. The van der Waals surface area contributed by atoms with Crippen molar-refractivity contribution in [3.8, 4) is 0 Å². The minimum Gasteiger partial charge on any atom is -0.472 e. The van der Waals surface area contributed by atoms with Crippen molar-refractivity contribution in [2.75, 3.05) is 92.4 Å². The summed E-state index contributed by atoms with van der Waals surface area (Å²) >= 11 is 3.52. The van der Waals surface area contributed by atoms with Crippen molar-refractivity contribution >= 4 is 22.7 Å². The molecule has 6 aliphatic rings. The zero-order valence-electron chi connectivity index (χ0n) is 54.1. The van der Waals surface area contributed by atoms with Gasteiger partial charge in [0.15, 0.2) is 0 Å². The molecule has 0 spiro atoms. The Balaban J connectivity index is 0.000000459. The largest absolute Gasteiger partial charge is 0.472 e. The topological polar surface area (TPSA) is 163 Å². The van der Waals surface area contributed by atoms with Crippen molar-refractivity contribution in [1.82, 2.24) is 36.1 Å². The predicted octanol–water partition coefficient (Wildman–Crippen LogP) is 14.4. The lowest BCUT2D eigenvalue weighted by Gasteiger charge is -2.07. The van der Waals surface area contributed by atoms with Crippen molar-refractivity contribution in [2.45, 2.75) is 177 Å². The Bertz CT molecular complexity index is 1670. The second-order valence-electron chi connectivity index (χ2n) is 21.6. The van der Waals surface area contributed by atoms with Crippen LogP contribution < -0.4 is 26.6 Å². The number of nitrogens with one attached hydrogen (secondary N) is 6. The molecular formula is C67H117N7O8S2. The molecule has 6 unspecified atom stereocenters. The average Bonchev–Trinajstić information content (AvgIpc) is 4.36. The van der Waals surface area contributed by atoms with E-state index in [0.717, 1.165) is 117 Å². The number of aromatic nitrogens is 2. The number of hydrogen-bond acceptors (Lipinski definition) is 15. The first-order valence-electron chi connectivity index (χ1n) is 31.1. The molecule has 0 aliphatic carbocycles. The zero-order chi connectivity index (χ0) is 61.4. The van der Waals surface area contributed by atoms with E-state index in [1.807, 2.05) is 100 Å². The molecular weight excluding hydrogens is 1090 g/mol. The summed E-state index contributed by atoms with van der Waals surface area (Å²) in [6.07, 6.45) is 25.8. The lowest BCUT2D eigenvalue weighted by molar-refractivity contribution is 0.0567. The second kappa shape index (κ2) is 56.9. The highest BCUT2D eigenvalue weighted by Crippen LogP contribution is 2.12. The van der Waals surface area contributed by atoms with E-state index in [0.29, 0.717) is 24.3 Å². The van der Waals surface area contributed by atoms with Crippen LogP contribution in [0.4, 0.5) is 0 Å². The minimum absolute atomic E-state index is 0.275. The smallest absolute Gasteiger partial charge is 0.105 e. The van der Waals surface area contributed by atoms with Gasteiger partial charge in [-0.05, 0) is 241 Å². The molecule has 6 fully saturated rings. The molecule has 6 aliphatic heterocycles. The van der Waals surface area contributed by atoms with E-state index in [1.54, 1.807) is 41.5 Å². The number of thiophene rings is 2. The van der Waals surface area contributed by atoms with Crippen molar-refractivity contribution in [2.24, 2.45) is 13.0 Å². The molecule has 0 aromatic carbocycles. The van der Waals surface area contributed by atoms with Crippen LogP contribution in [0.3, 0.4) is 0 Å². The van der Waals surface area contributed by atoms with Crippen molar-refractivity contribution in [1.29, 1.82) is 0 Å². The molecule has 0 amide bonds. The Hall–Kier alpha value is -3.92. The summed E-state index contributed by atoms with van der Waals surface area (Å²) in [5.41, 5.74) is 3.75. The van der Waals surface area contributed by atoms with Gasteiger partial charge in [-0.15, -0.1) is 11.3 Å². The van der Waals surface area contributed by atoms with Gasteiger partial charge >= 0.3 is 0 Å². The van der Waals surface area contributed by atoms with Gasteiger partial charge in [-0.1, -0.05) is 19.4 Å². The van der Waals surface area contributed by atoms with Gasteiger partial charge in [0.2, 0.25) is 0 Å². The molecule has 6 saturated heterocycles. The number of hydrogen-bond donors (Lipinski definition) is 6. The molecule has 0 bridgehead atoms. The Morgan fingerprint density at radius 1 is 0.524 bits per heavy atom. The van der Waals surface area contributed by atoms with E-state index in [-0.39, 0.29) is 6.23 Å². The van der Waals surface area contributed by atoms with Crippen molar-refractivity contribution < 1.29 is 37.3 Å². The molecule has 17 heteroatoms. The van der Waals surface area contributed by atoms with E-state index in [9.17, 15) is 0 Å². The predicted molar refractivity (Wildman–Crippen MR) is 354 cm³/mol. The van der Waals surface area contributed by atoms with Gasteiger partial charge in [0.05, 0.1) is 57.7 Å². The van der Waals surface area contributed by atoms with Gasteiger partial charge in [-0.2, -0.15) is 11.3 Å². The molecule has 15 nitrogen and oxygen atoms in total. The van der Waals surface area contributed by atoms with Gasteiger partial charge in [0, 0.05) is 94.4 Å². The number of aryl methyl sites for hydroxylation is 6. The Kier molecular flexibility index (Phi) is 52.9. The number of aromatic amines is 1. The van der Waals surface area contributed by atoms with Crippen LogP contribution in [-0.2, 0) is 35.5 Å². The molecule has 6 atom stereocenters. The van der Waals surface area contributed by atoms with E-state index in [4.69, 9.17) is 37.3 Å². The molecule has 6 N–H and O–H groups in total. The Labute approximate surface area is 517 Å². The molecule has 0 saturated carbocycles. The summed E-state index contributed by atoms with van der Waals surface area (Å²) < 4.78 is 43.1. The van der Waals surface area contributed by atoms with Crippen LogP contribution in [-0.4, -0.2) is 133 Å². The molecule has 12 heterocycles. The van der Waals surface area contributed by atoms with Crippen LogP contribution in [0.15, 0.2) is 123 Å². The summed E-state index contributed by atoms with van der Waals surface area (Å²) in [6, 6.07) is 21.3. The van der Waals surface area contributed by atoms with Gasteiger partial charge in [0.25, 0.3) is 0 Å². The molecule has 6 aromatic heterocycles. The summed E-state index contributed by atoms with van der Waals surface area (Å²) in [5, 5.41) is 22.5. The first kappa shape index (κ1) is 78.1. The Morgan fingerprint density at radius 3 is 1.88 bits per heavy atom.